The van der Waals surface area contributed by atoms with E-state index in [1.807, 2.05) is 12.1 Å². The van der Waals surface area contributed by atoms with E-state index in [2.05, 4.69) is 70.4 Å². The Balaban J connectivity index is 1.15. The van der Waals surface area contributed by atoms with Gasteiger partial charge in [-0.1, -0.05) is 77.8 Å². The molecule has 9 unspecified atom stereocenters. The second kappa shape index (κ2) is 16.1. The number of Topliss-reactive ketones (excluding diaryl/α,β-unsaturated/α-hetero) is 1. The number of carboxylic acid groups (broad SMARTS) is 1. The van der Waals surface area contributed by atoms with Gasteiger partial charge in [-0.15, -0.1) is 0 Å². The lowest BCUT2D eigenvalue weighted by atomic mass is 9.33. The van der Waals surface area contributed by atoms with E-state index in [0.29, 0.717) is 24.8 Å². The van der Waals surface area contributed by atoms with E-state index >= 15 is 0 Å². The summed E-state index contributed by atoms with van der Waals surface area (Å²) in [6, 6.07) is 8.10. The van der Waals surface area contributed by atoms with Crippen LogP contribution in [0.15, 0.2) is 35.4 Å². The Hall–Kier alpha value is -2.26. The standard InChI is InChI=1S/C50H75ClN2O6/c1-32(2)42-36(54)28-50(39(55)31-53(27-26-52-24-10-11-25-52)30-33-12-14-34(51)15-13-33)23-22-48(8)35(43(42)50)16-17-38-47(7)20-19-40(59-41(56)29-45(3,4)44(57)58)46(5,6)37(47)18-21-49(38,48)9/h12-15,32,35,37-40,55H,10-11,16-31H2,1-9H3,(H,57,58). The Bertz CT molecular complexity index is 1800. The average Bonchev–Trinajstić information content (AvgIpc) is 3.79. The van der Waals surface area contributed by atoms with Gasteiger partial charge < -0.3 is 19.8 Å². The lowest BCUT2D eigenvalue weighted by Crippen LogP contribution is -2.66. The molecule has 0 bridgehead atoms. The first kappa shape index (κ1) is 44.8. The van der Waals surface area contributed by atoms with Crippen molar-refractivity contribution in [3.63, 3.8) is 0 Å². The molecule has 0 aromatic heterocycles. The van der Waals surface area contributed by atoms with E-state index < -0.39 is 28.9 Å². The summed E-state index contributed by atoms with van der Waals surface area (Å²) in [5.41, 5.74) is 1.62. The fourth-order valence-electron chi connectivity index (χ4n) is 14.7. The van der Waals surface area contributed by atoms with Crippen molar-refractivity contribution in [3.8, 4) is 0 Å². The van der Waals surface area contributed by atoms with E-state index in [4.69, 9.17) is 16.3 Å². The van der Waals surface area contributed by atoms with Crippen LogP contribution in [0.5, 0.6) is 0 Å². The highest BCUT2D eigenvalue weighted by Gasteiger charge is 2.71. The molecular formula is C50H75ClN2O6. The van der Waals surface area contributed by atoms with Crippen LogP contribution in [0.25, 0.3) is 0 Å². The van der Waals surface area contributed by atoms with Gasteiger partial charge in [0, 0.05) is 48.5 Å². The molecule has 5 aliphatic carbocycles. The van der Waals surface area contributed by atoms with Crippen molar-refractivity contribution in [2.45, 2.75) is 158 Å². The molecule has 1 heterocycles. The molecule has 2 N–H and O–H groups in total. The molecule has 0 spiro atoms. The number of fused-ring (bicyclic) bond motifs is 7. The number of carbonyl (C=O) groups is 3. The Labute approximate surface area is 360 Å². The van der Waals surface area contributed by atoms with Gasteiger partial charge in [-0.3, -0.25) is 19.3 Å². The molecule has 328 valence electrons. The van der Waals surface area contributed by atoms with Crippen LogP contribution in [0.3, 0.4) is 0 Å². The van der Waals surface area contributed by atoms with Gasteiger partial charge in [0.15, 0.2) is 5.78 Å². The third kappa shape index (κ3) is 7.68. The summed E-state index contributed by atoms with van der Waals surface area (Å²) < 4.78 is 6.21. The molecule has 1 aliphatic heterocycles. The molecular weight excluding hydrogens is 760 g/mol. The van der Waals surface area contributed by atoms with Crippen LogP contribution >= 0.6 is 11.6 Å². The number of aliphatic hydroxyl groups excluding tert-OH is 1. The third-order valence-electron chi connectivity index (χ3n) is 18.2. The number of ether oxygens (including phenoxy) is 1. The van der Waals surface area contributed by atoms with E-state index in [1.165, 1.54) is 24.0 Å². The SMILES string of the molecule is CC(C)C1=C2C3CCC4C5(C)CCC(OC(=O)CC(C)(C)C(=O)O)C(C)(C)C5CCC4(C)C3(C)CCC2(C(O)CN(CCN2CCCC2)Cc2ccc(Cl)cc2)CC1=O. The summed E-state index contributed by atoms with van der Waals surface area (Å²) >= 11 is 6.29. The van der Waals surface area contributed by atoms with Crippen LogP contribution in [-0.2, 0) is 25.7 Å². The first-order chi connectivity index (χ1) is 27.6. The smallest absolute Gasteiger partial charge is 0.309 e. The minimum Gasteiger partial charge on any atom is -0.481 e. The molecule has 0 radical (unpaired) electrons. The maximum Gasteiger partial charge on any atom is 0.309 e. The highest BCUT2D eigenvalue weighted by molar-refractivity contribution is 6.30. The predicted octanol–water partition coefficient (Wildman–Crippen LogP) is 9.99. The Morgan fingerprint density at radius 1 is 0.932 bits per heavy atom. The number of hydrogen-bond acceptors (Lipinski definition) is 7. The minimum absolute atomic E-state index is 0.0260. The number of esters is 1. The minimum atomic E-state index is -1.17. The number of carboxylic acids is 1. The normalized spacial score (nSPS) is 36.3. The number of rotatable bonds is 13. The highest BCUT2D eigenvalue weighted by Crippen LogP contribution is 2.77. The van der Waals surface area contributed by atoms with Gasteiger partial charge in [0.1, 0.15) is 6.10 Å². The fourth-order valence-corrected chi connectivity index (χ4v) is 14.8. The monoisotopic (exact) mass is 835 g/mol. The van der Waals surface area contributed by atoms with Crippen molar-refractivity contribution < 1.29 is 29.3 Å². The topological polar surface area (TPSA) is 107 Å². The summed E-state index contributed by atoms with van der Waals surface area (Å²) in [7, 11) is 0. The van der Waals surface area contributed by atoms with Crippen LogP contribution in [-0.4, -0.2) is 82.7 Å². The molecule has 4 saturated carbocycles. The Morgan fingerprint density at radius 2 is 1.61 bits per heavy atom. The van der Waals surface area contributed by atoms with Gasteiger partial charge in [-0.05, 0) is 154 Å². The first-order valence-corrected chi connectivity index (χ1v) is 23.5. The summed E-state index contributed by atoms with van der Waals surface area (Å²) in [5.74, 6) is 0.0422. The Morgan fingerprint density at radius 3 is 2.25 bits per heavy atom. The van der Waals surface area contributed by atoms with E-state index in [9.17, 15) is 24.6 Å². The fraction of sp³-hybridized carbons (Fsp3) is 0.780. The number of carbonyl (C=O) groups excluding carboxylic acids is 2. The summed E-state index contributed by atoms with van der Waals surface area (Å²) in [4.78, 5) is 44.4. The van der Waals surface area contributed by atoms with Crippen LogP contribution in [0.4, 0.5) is 0 Å². The van der Waals surface area contributed by atoms with E-state index in [1.54, 1.807) is 13.8 Å². The summed E-state index contributed by atoms with van der Waals surface area (Å²) in [6.45, 7) is 25.2. The largest absolute Gasteiger partial charge is 0.481 e. The average molecular weight is 836 g/mol. The van der Waals surface area contributed by atoms with E-state index in [-0.39, 0.29) is 51.8 Å². The molecule has 9 heteroatoms. The molecule has 1 aromatic rings. The van der Waals surface area contributed by atoms with E-state index in [0.717, 1.165) is 94.7 Å². The summed E-state index contributed by atoms with van der Waals surface area (Å²) in [5, 5.41) is 23.2. The zero-order valence-corrected chi connectivity index (χ0v) is 38.6. The number of allylic oxidation sites excluding steroid dienone is 1. The van der Waals surface area contributed by atoms with Crippen LogP contribution in [0.1, 0.15) is 145 Å². The van der Waals surface area contributed by atoms with Crippen molar-refractivity contribution in [1.82, 2.24) is 9.80 Å². The number of nitrogens with zero attached hydrogens (tertiary/aromatic N) is 2. The lowest BCUT2D eigenvalue weighted by molar-refractivity contribution is -0.235. The van der Waals surface area contributed by atoms with Crippen molar-refractivity contribution in [3.05, 3.63) is 46.0 Å². The molecule has 9 atom stereocenters. The number of halogens is 1. The lowest BCUT2D eigenvalue weighted by Gasteiger charge is -2.72. The highest BCUT2D eigenvalue weighted by atomic mass is 35.5. The molecule has 1 aromatic carbocycles. The second-order valence-electron chi connectivity index (χ2n) is 22.5. The molecule has 1 saturated heterocycles. The number of aliphatic carboxylic acids is 1. The van der Waals surface area contributed by atoms with Gasteiger partial charge in [0.05, 0.1) is 17.9 Å². The maximum absolute atomic E-state index is 14.4. The number of hydrogen-bond donors (Lipinski definition) is 2. The Kier molecular flexibility index (Phi) is 12.2. The van der Waals surface area contributed by atoms with Gasteiger partial charge in [-0.25, -0.2) is 0 Å². The molecule has 6 aliphatic rings. The van der Waals surface area contributed by atoms with Crippen molar-refractivity contribution in [2.24, 2.45) is 56.2 Å². The first-order valence-electron chi connectivity index (χ1n) is 23.2. The van der Waals surface area contributed by atoms with Crippen molar-refractivity contribution >= 4 is 29.3 Å². The van der Waals surface area contributed by atoms with Crippen molar-refractivity contribution in [1.29, 1.82) is 0 Å². The van der Waals surface area contributed by atoms with Gasteiger partial charge in [0.25, 0.3) is 0 Å². The zero-order chi connectivity index (χ0) is 42.9. The number of likely N-dealkylation sites (tertiary alicyclic amines) is 1. The molecule has 0 amide bonds. The number of ketones is 1. The van der Waals surface area contributed by atoms with Crippen LogP contribution in [0.2, 0.25) is 5.02 Å². The van der Waals surface area contributed by atoms with Crippen LogP contribution in [0, 0.1) is 56.2 Å². The zero-order valence-electron chi connectivity index (χ0n) is 37.8. The van der Waals surface area contributed by atoms with Crippen molar-refractivity contribution in [2.75, 3.05) is 32.7 Å². The molecule has 59 heavy (non-hydrogen) atoms. The van der Waals surface area contributed by atoms with Gasteiger partial charge >= 0.3 is 11.9 Å². The predicted molar refractivity (Wildman–Crippen MR) is 234 cm³/mol. The molecule has 8 nitrogen and oxygen atoms in total. The van der Waals surface area contributed by atoms with Gasteiger partial charge in [0.2, 0.25) is 0 Å². The van der Waals surface area contributed by atoms with Crippen LogP contribution < -0.4 is 0 Å². The third-order valence-corrected chi connectivity index (χ3v) is 18.4. The summed E-state index contributed by atoms with van der Waals surface area (Å²) in [6.07, 6.45) is 9.72. The maximum atomic E-state index is 14.4. The molecule has 7 rings (SSSR count). The second-order valence-corrected chi connectivity index (χ2v) is 22.9. The quantitative estimate of drug-likeness (QED) is 0.189. The molecule has 5 fully saturated rings. The van der Waals surface area contributed by atoms with Gasteiger partial charge in [-0.2, -0.15) is 0 Å². The number of benzene rings is 1. The number of aliphatic hydroxyl groups is 1.